The standard InChI is InChI=1S/C19H19FN4OS2/c1-3-10-24-18(14-6-8-15(20)9-7-14)22-23-19(24)27-12-17(25)21-13(2)16-5-4-11-26-16/h3-9,11,13H,1,10,12H2,2H3,(H,21,25)/t13-/m0/s1. The molecule has 0 aliphatic rings. The number of thioether (sulfide) groups is 1. The lowest BCUT2D eigenvalue weighted by molar-refractivity contribution is -0.119. The van der Waals surface area contributed by atoms with E-state index < -0.39 is 0 Å². The van der Waals surface area contributed by atoms with Crippen molar-refractivity contribution in [1.82, 2.24) is 20.1 Å². The Bertz CT molecular complexity index is 906. The van der Waals surface area contributed by atoms with Crippen molar-refractivity contribution in [3.8, 4) is 11.4 Å². The maximum Gasteiger partial charge on any atom is 0.230 e. The van der Waals surface area contributed by atoms with E-state index in [9.17, 15) is 9.18 Å². The fourth-order valence-electron chi connectivity index (χ4n) is 2.52. The molecule has 2 heterocycles. The number of nitrogens with zero attached hydrogens (tertiary/aromatic N) is 3. The van der Waals surface area contributed by atoms with Crippen molar-refractivity contribution < 1.29 is 9.18 Å². The molecule has 0 saturated carbocycles. The van der Waals surface area contributed by atoms with Crippen LogP contribution in [0.15, 0.2) is 59.6 Å². The Balaban J connectivity index is 1.68. The third-order valence-corrected chi connectivity index (χ3v) is 5.83. The molecular formula is C19H19FN4OS2. The Morgan fingerprint density at radius 2 is 2.15 bits per heavy atom. The fourth-order valence-corrected chi connectivity index (χ4v) is 4.02. The molecule has 1 aromatic carbocycles. The van der Waals surface area contributed by atoms with Crippen LogP contribution in [-0.4, -0.2) is 26.4 Å². The Morgan fingerprint density at radius 3 is 2.81 bits per heavy atom. The monoisotopic (exact) mass is 402 g/mol. The first kappa shape index (κ1) is 19.3. The highest BCUT2D eigenvalue weighted by atomic mass is 32.2. The number of halogens is 1. The van der Waals surface area contributed by atoms with Crippen LogP contribution in [0, 0.1) is 5.82 Å². The maximum absolute atomic E-state index is 13.2. The normalized spacial score (nSPS) is 11.9. The van der Waals surface area contributed by atoms with E-state index in [1.807, 2.05) is 29.0 Å². The van der Waals surface area contributed by atoms with Gasteiger partial charge in [-0.1, -0.05) is 23.9 Å². The van der Waals surface area contributed by atoms with Crippen LogP contribution in [0.4, 0.5) is 4.39 Å². The van der Waals surface area contributed by atoms with Crippen molar-refractivity contribution >= 4 is 29.0 Å². The highest BCUT2D eigenvalue weighted by Gasteiger charge is 2.16. The number of allylic oxidation sites excluding steroid dienone is 1. The zero-order chi connectivity index (χ0) is 19.2. The Labute approximate surface area is 165 Å². The third kappa shape index (κ3) is 4.84. The van der Waals surface area contributed by atoms with Gasteiger partial charge in [-0.2, -0.15) is 0 Å². The molecule has 0 unspecified atom stereocenters. The van der Waals surface area contributed by atoms with Crippen molar-refractivity contribution in [3.05, 3.63) is 65.1 Å². The first-order chi connectivity index (χ1) is 13.1. The van der Waals surface area contributed by atoms with Gasteiger partial charge in [-0.05, 0) is 42.6 Å². The summed E-state index contributed by atoms with van der Waals surface area (Å²) in [6.45, 7) is 6.22. The molecule has 1 N–H and O–H groups in total. The van der Waals surface area contributed by atoms with Crippen molar-refractivity contribution in [2.24, 2.45) is 0 Å². The van der Waals surface area contributed by atoms with Gasteiger partial charge in [-0.25, -0.2) is 4.39 Å². The second-order valence-electron chi connectivity index (χ2n) is 5.81. The van der Waals surface area contributed by atoms with Gasteiger partial charge in [0, 0.05) is 17.0 Å². The number of thiophene rings is 1. The molecule has 27 heavy (non-hydrogen) atoms. The summed E-state index contributed by atoms with van der Waals surface area (Å²) in [5.41, 5.74) is 0.758. The number of hydrogen-bond acceptors (Lipinski definition) is 5. The molecule has 140 valence electrons. The highest BCUT2D eigenvalue weighted by molar-refractivity contribution is 7.99. The molecule has 0 radical (unpaired) electrons. The van der Waals surface area contributed by atoms with Crippen LogP contribution in [-0.2, 0) is 11.3 Å². The summed E-state index contributed by atoms with van der Waals surface area (Å²) in [5, 5.41) is 14.0. The largest absolute Gasteiger partial charge is 0.348 e. The van der Waals surface area contributed by atoms with E-state index in [0.29, 0.717) is 17.5 Å². The molecule has 2 aromatic heterocycles. The number of hydrogen-bond donors (Lipinski definition) is 1. The lowest BCUT2D eigenvalue weighted by Crippen LogP contribution is -2.27. The number of carbonyl (C=O) groups is 1. The van der Waals surface area contributed by atoms with Crippen molar-refractivity contribution in [3.63, 3.8) is 0 Å². The smallest absolute Gasteiger partial charge is 0.230 e. The van der Waals surface area contributed by atoms with Gasteiger partial charge in [0.15, 0.2) is 11.0 Å². The Hall–Kier alpha value is -2.45. The highest BCUT2D eigenvalue weighted by Crippen LogP contribution is 2.25. The van der Waals surface area contributed by atoms with E-state index in [-0.39, 0.29) is 23.5 Å². The molecule has 0 saturated heterocycles. The van der Waals surface area contributed by atoms with E-state index in [1.165, 1.54) is 23.9 Å². The van der Waals surface area contributed by atoms with Crippen molar-refractivity contribution in [2.45, 2.75) is 24.7 Å². The summed E-state index contributed by atoms with van der Waals surface area (Å²) in [6.07, 6.45) is 1.74. The Morgan fingerprint density at radius 1 is 1.37 bits per heavy atom. The second-order valence-corrected chi connectivity index (χ2v) is 7.73. The molecule has 5 nitrogen and oxygen atoms in total. The zero-order valence-corrected chi connectivity index (χ0v) is 16.4. The summed E-state index contributed by atoms with van der Waals surface area (Å²) in [6, 6.07) is 10.0. The molecule has 0 aliphatic carbocycles. The van der Waals surface area contributed by atoms with Gasteiger partial charge in [0.05, 0.1) is 11.8 Å². The zero-order valence-electron chi connectivity index (χ0n) is 14.8. The molecule has 3 rings (SSSR count). The van der Waals surface area contributed by atoms with Crippen LogP contribution in [0.25, 0.3) is 11.4 Å². The maximum atomic E-state index is 13.2. The van der Waals surface area contributed by atoms with Crippen molar-refractivity contribution in [2.75, 3.05) is 5.75 Å². The van der Waals surface area contributed by atoms with Gasteiger partial charge in [0.2, 0.25) is 5.91 Å². The van der Waals surface area contributed by atoms with E-state index in [1.54, 1.807) is 29.5 Å². The van der Waals surface area contributed by atoms with Gasteiger partial charge >= 0.3 is 0 Å². The van der Waals surface area contributed by atoms with Crippen LogP contribution in [0.2, 0.25) is 0 Å². The number of amides is 1. The second kappa shape index (κ2) is 8.96. The predicted molar refractivity (Wildman–Crippen MR) is 107 cm³/mol. The van der Waals surface area contributed by atoms with Gasteiger partial charge in [0.25, 0.3) is 0 Å². The molecule has 0 fully saturated rings. The molecule has 0 aliphatic heterocycles. The molecule has 3 aromatic rings. The van der Waals surface area contributed by atoms with E-state index in [2.05, 4.69) is 22.1 Å². The van der Waals surface area contributed by atoms with E-state index in [0.717, 1.165) is 10.4 Å². The lowest BCUT2D eigenvalue weighted by Gasteiger charge is -2.12. The number of nitrogens with one attached hydrogen (secondary N) is 1. The van der Waals surface area contributed by atoms with Gasteiger partial charge in [-0.3, -0.25) is 9.36 Å². The molecular weight excluding hydrogens is 383 g/mol. The number of aromatic nitrogens is 3. The van der Waals surface area contributed by atoms with Gasteiger partial charge in [0.1, 0.15) is 5.82 Å². The quantitative estimate of drug-likeness (QED) is 0.451. The summed E-state index contributed by atoms with van der Waals surface area (Å²) in [4.78, 5) is 13.4. The fraction of sp³-hybridized carbons (Fsp3) is 0.211. The third-order valence-electron chi connectivity index (χ3n) is 3.81. The van der Waals surface area contributed by atoms with Gasteiger partial charge < -0.3 is 5.32 Å². The average Bonchev–Trinajstić information content (AvgIpc) is 3.31. The van der Waals surface area contributed by atoms with Crippen LogP contribution < -0.4 is 5.32 Å². The first-order valence-electron chi connectivity index (χ1n) is 8.34. The molecule has 1 amide bonds. The molecule has 8 heteroatoms. The summed E-state index contributed by atoms with van der Waals surface area (Å²) < 4.78 is 15.0. The lowest BCUT2D eigenvalue weighted by atomic mass is 10.2. The summed E-state index contributed by atoms with van der Waals surface area (Å²) in [7, 11) is 0. The van der Waals surface area contributed by atoms with Crippen LogP contribution in [0.5, 0.6) is 0 Å². The molecule has 1 atom stereocenters. The SMILES string of the molecule is C=CCn1c(SCC(=O)N[C@@H](C)c2cccs2)nnc1-c1ccc(F)cc1. The minimum atomic E-state index is -0.306. The van der Waals surface area contributed by atoms with Crippen LogP contribution in [0.3, 0.4) is 0 Å². The predicted octanol–water partition coefficient (Wildman–Crippen LogP) is 4.30. The van der Waals surface area contributed by atoms with Gasteiger partial charge in [-0.15, -0.1) is 28.1 Å². The van der Waals surface area contributed by atoms with E-state index >= 15 is 0 Å². The van der Waals surface area contributed by atoms with Crippen LogP contribution in [0.1, 0.15) is 17.8 Å². The molecule has 0 bridgehead atoms. The Kier molecular flexibility index (Phi) is 6.41. The van der Waals surface area contributed by atoms with E-state index in [4.69, 9.17) is 0 Å². The topological polar surface area (TPSA) is 59.8 Å². The average molecular weight is 403 g/mol. The minimum absolute atomic E-state index is 0.0288. The van der Waals surface area contributed by atoms with Crippen LogP contribution >= 0.6 is 23.1 Å². The number of rotatable bonds is 8. The number of carbonyl (C=O) groups excluding carboxylic acids is 1. The molecule has 0 spiro atoms. The summed E-state index contributed by atoms with van der Waals surface area (Å²) >= 11 is 2.92. The summed E-state index contributed by atoms with van der Waals surface area (Å²) in [5.74, 6) is 0.468. The minimum Gasteiger partial charge on any atom is -0.348 e. The number of benzene rings is 1. The first-order valence-corrected chi connectivity index (χ1v) is 10.2. The van der Waals surface area contributed by atoms with Crippen molar-refractivity contribution in [1.29, 1.82) is 0 Å².